The molecule has 0 aromatic heterocycles. The van der Waals surface area contributed by atoms with Crippen LogP contribution in [0.4, 0.5) is 0 Å². The quantitative estimate of drug-likeness (QED) is 0.262. The fraction of sp³-hybridized carbons (Fsp3) is 0.947. The first-order chi connectivity index (χ1) is 10.4. The van der Waals surface area contributed by atoms with Crippen molar-refractivity contribution in [3.05, 3.63) is 0 Å². The first kappa shape index (κ1) is 21.7. The first-order valence-electron chi connectivity index (χ1n) is 9.63. The molecule has 22 heavy (non-hydrogen) atoms. The second-order valence-electron chi connectivity index (χ2n) is 7.64. The Hall–Kier alpha value is -0.313. The van der Waals surface area contributed by atoms with Gasteiger partial charge < -0.3 is 4.43 Å². The van der Waals surface area contributed by atoms with Crippen LogP contribution < -0.4 is 0 Å². The lowest BCUT2D eigenvalue weighted by Crippen LogP contribution is -2.32. The molecule has 1 atom stereocenters. The highest BCUT2D eigenvalue weighted by molar-refractivity contribution is 6.71. The van der Waals surface area contributed by atoms with Gasteiger partial charge in [-0.3, -0.25) is 4.79 Å². The summed E-state index contributed by atoms with van der Waals surface area (Å²) in [6, 6.07) is 0. The number of hydrogen-bond acceptors (Lipinski definition) is 2. The third-order valence-electron chi connectivity index (χ3n) is 4.05. The standard InChI is InChI=1S/C19H40O2Si/c1-6-8-10-12-13-15-17-18(16-14-11-9-7-2)19(20)21-22(3,4)5/h18H,6-17H2,1-5H3. The van der Waals surface area contributed by atoms with Crippen molar-refractivity contribution in [2.45, 2.75) is 111 Å². The Balaban J connectivity index is 4.12. The van der Waals surface area contributed by atoms with E-state index in [2.05, 4.69) is 33.5 Å². The van der Waals surface area contributed by atoms with Gasteiger partial charge in [0, 0.05) is 0 Å². The van der Waals surface area contributed by atoms with E-state index in [1.807, 2.05) is 0 Å². The molecule has 0 saturated heterocycles. The first-order valence-corrected chi connectivity index (χ1v) is 13.0. The normalized spacial score (nSPS) is 13.1. The maximum Gasteiger partial charge on any atom is 0.295 e. The molecule has 2 nitrogen and oxygen atoms in total. The zero-order valence-corrected chi connectivity index (χ0v) is 16.9. The van der Waals surface area contributed by atoms with Gasteiger partial charge in [-0.05, 0) is 32.5 Å². The average molecular weight is 329 g/mol. The molecule has 0 spiro atoms. The van der Waals surface area contributed by atoms with Crippen LogP contribution in [0.5, 0.6) is 0 Å². The largest absolute Gasteiger partial charge is 0.520 e. The Bertz CT molecular complexity index is 271. The number of carbonyl (C=O) groups is 1. The lowest BCUT2D eigenvalue weighted by molar-refractivity contribution is -0.140. The summed E-state index contributed by atoms with van der Waals surface area (Å²) in [7, 11) is -1.75. The number of hydrogen-bond donors (Lipinski definition) is 0. The van der Waals surface area contributed by atoms with Crippen molar-refractivity contribution in [3.63, 3.8) is 0 Å². The summed E-state index contributed by atoms with van der Waals surface area (Å²) in [5.74, 6) is 0.235. The smallest absolute Gasteiger partial charge is 0.295 e. The third kappa shape index (κ3) is 13.4. The number of carbonyl (C=O) groups excluding carboxylic acids is 1. The minimum Gasteiger partial charge on any atom is -0.520 e. The molecular weight excluding hydrogens is 288 g/mol. The van der Waals surface area contributed by atoms with Crippen molar-refractivity contribution >= 4 is 14.3 Å². The Kier molecular flexibility index (Phi) is 13.0. The molecule has 0 radical (unpaired) electrons. The number of unbranched alkanes of at least 4 members (excludes halogenated alkanes) is 8. The van der Waals surface area contributed by atoms with E-state index in [0.29, 0.717) is 0 Å². The van der Waals surface area contributed by atoms with Crippen LogP contribution in [0.25, 0.3) is 0 Å². The van der Waals surface area contributed by atoms with Gasteiger partial charge in [-0.1, -0.05) is 78.1 Å². The van der Waals surface area contributed by atoms with Gasteiger partial charge in [0.1, 0.15) is 0 Å². The Morgan fingerprint density at radius 3 is 1.64 bits per heavy atom. The van der Waals surface area contributed by atoms with E-state index in [1.165, 1.54) is 64.2 Å². The summed E-state index contributed by atoms with van der Waals surface area (Å²) in [4.78, 5) is 12.4. The maximum atomic E-state index is 12.4. The predicted octanol–water partition coefficient (Wildman–Crippen LogP) is 6.70. The van der Waals surface area contributed by atoms with E-state index in [1.54, 1.807) is 0 Å². The molecule has 0 amide bonds. The zero-order chi connectivity index (χ0) is 16.8. The molecule has 0 N–H and O–H groups in total. The van der Waals surface area contributed by atoms with Gasteiger partial charge in [-0.15, -0.1) is 0 Å². The summed E-state index contributed by atoms with van der Waals surface area (Å²) in [6.07, 6.45) is 14.8. The van der Waals surface area contributed by atoms with Crippen molar-refractivity contribution in [3.8, 4) is 0 Å². The van der Waals surface area contributed by atoms with E-state index < -0.39 is 8.32 Å². The van der Waals surface area contributed by atoms with Gasteiger partial charge >= 0.3 is 0 Å². The van der Waals surface area contributed by atoms with E-state index >= 15 is 0 Å². The second-order valence-corrected chi connectivity index (χ2v) is 12.1. The van der Waals surface area contributed by atoms with Crippen molar-refractivity contribution < 1.29 is 9.22 Å². The fourth-order valence-corrected chi connectivity index (χ4v) is 3.52. The molecule has 0 rings (SSSR count). The zero-order valence-electron chi connectivity index (χ0n) is 15.9. The third-order valence-corrected chi connectivity index (χ3v) is 4.87. The van der Waals surface area contributed by atoms with Gasteiger partial charge in [0.25, 0.3) is 5.97 Å². The Morgan fingerprint density at radius 1 is 0.773 bits per heavy atom. The van der Waals surface area contributed by atoms with Crippen molar-refractivity contribution in [2.75, 3.05) is 0 Å². The molecule has 0 aromatic carbocycles. The highest BCUT2D eigenvalue weighted by Gasteiger charge is 2.25. The van der Waals surface area contributed by atoms with Gasteiger partial charge in [-0.2, -0.15) is 0 Å². The monoisotopic (exact) mass is 328 g/mol. The van der Waals surface area contributed by atoms with Crippen LogP contribution in [-0.2, 0) is 9.22 Å². The van der Waals surface area contributed by atoms with E-state index in [0.717, 1.165) is 12.8 Å². The Labute approximate surface area is 140 Å². The topological polar surface area (TPSA) is 26.3 Å². The summed E-state index contributed by atoms with van der Waals surface area (Å²) >= 11 is 0. The van der Waals surface area contributed by atoms with Gasteiger partial charge in [0.05, 0.1) is 5.92 Å². The summed E-state index contributed by atoms with van der Waals surface area (Å²) in [5, 5.41) is 0. The molecule has 0 aliphatic carbocycles. The molecule has 0 aliphatic rings. The second kappa shape index (κ2) is 13.2. The van der Waals surface area contributed by atoms with E-state index in [-0.39, 0.29) is 11.9 Å². The molecule has 0 bridgehead atoms. The molecule has 0 aliphatic heterocycles. The predicted molar refractivity (Wildman–Crippen MR) is 99.7 cm³/mol. The molecule has 0 aromatic rings. The molecule has 1 unspecified atom stereocenters. The van der Waals surface area contributed by atoms with Crippen LogP contribution in [0.3, 0.4) is 0 Å². The molecule has 0 heterocycles. The average Bonchev–Trinajstić information content (AvgIpc) is 2.42. The van der Waals surface area contributed by atoms with Crippen LogP contribution in [0.15, 0.2) is 0 Å². The van der Waals surface area contributed by atoms with Crippen molar-refractivity contribution in [1.29, 1.82) is 0 Å². The molecule has 3 heteroatoms. The van der Waals surface area contributed by atoms with Crippen LogP contribution in [-0.4, -0.2) is 14.3 Å². The lowest BCUT2D eigenvalue weighted by atomic mass is 9.94. The van der Waals surface area contributed by atoms with Crippen LogP contribution in [0.1, 0.15) is 90.9 Å². The minimum absolute atomic E-state index is 0.0872. The van der Waals surface area contributed by atoms with Crippen LogP contribution >= 0.6 is 0 Å². The fourth-order valence-electron chi connectivity index (χ4n) is 2.75. The molecule has 0 fully saturated rings. The molecular formula is C19H40O2Si. The Morgan fingerprint density at radius 2 is 1.18 bits per heavy atom. The molecule has 132 valence electrons. The summed E-state index contributed by atoms with van der Waals surface area (Å²) < 4.78 is 5.75. The highest BCUT2D eigenvalue weighted by Crippen LogP contribution is 2.22. The van der Waals surface area contributed by atoms with Crippen molar-refractivity contribution in [1.82, 2.24) is 0 Å². The maximum absolute atomic E-state index is 12.4. The van der Waals surface area contributed by atoms with Crippen molar-refractivity contribution in [2.24, 2.45) is 5.92 Å². The number of rotatable bonds is 14. The van der Waals surface area contributed by atoms with Crippen LogP contribution in [0, 0.1) is 5.92 Å². The van der Waals surface area contributed by atoms with E-state index in [4.69, 9.17) is 4.43 Å². The van der Waals surface area contributed by atoms with Gasteiger partial charge in [0.2, 0.25) is 8.32 Å². The van der Waals surface area contributed by atoms with Gasteiger partial charge in [-0.25, -0.2) is 0 Å². The summed E-state index contributed by atoms with van der Waals surface area (Å²) in [6.45, 7) is 10.8. The molecule has 0 saturated carbocycles. The highest BCUT2D eigenvalue weighted by atomic mass is 28.4. The summed E-state index contributed by atoms with van der Waals surface area (Å²) in [5.41, 5.74) is 0. The van der Waals surface area contributed by atoms with Gasteiger partial charge in [0.15, 0.2) is 0 Å². The van der Waals surface area contributed by atoms with Crippen LogP contribution in [0.2, 0.25) is 19.6 Å². The minimum atomic E-state index is -1.75. The van der Waals surface area contributed by atoms with E-state index in [9.17, 15) is 4.79 Å². The SMILES string of the molecule is CCCCCCCCC(CCCCCC)C(=O)O[Si](C)(C)C. The lowest BCUT2D eigenvalue weighted by Gasteiger charge is -2.23.